The number of rotatable bonds is 3. The van der Waals surface area contributed by atoms with Gasteiger partial charge in [0.2, 0.25) is 0 Å². The van der Waals surface area contributed by atoms with Crippen molar-refractivity contribution in [2.75, 3.05) is 0 Å². The Kier molecular flexibility index (Phi) is 2.98. The third-order valence-corrected chi connectivity index (χ3v) is 4.24. The van der Waals surface area contributed by atoms with Crippen LogP contribution in [0.5, 0.6) is 0 Å². The van der Waals surface area contributed by atoms with E-state index in [0.29, 0.717) is 23.7 Å². The number of hydrogen-bond acceptors (Lipinski definition) is 2. The summed E-state index contributed by atoms with van der Waals surface area (Å²) in [6.45, 7) is 0.930. The Morgan fingerprint density at radius 2 is 1.71 bits per heavy atom. The Hall–Kier alpha value is -1.15. The smallest absolute Gasteiger partial charge is 0.139 e. The third-order valence-electron chi connectivity index (χ3n) is 4.24. The van der Waals surface area contributed by atoms with Crippen LogP contribution in [0.25, 0.3) is 0 Å². The molecule has 2 heteroatoms. The van der Waals surface area contributed by atoms with E-state index in [1.807, 2.05) is 6.07 Å². The molecule has 90 valence electrons. The van der Waals surface area contributed by atoms with Crippen LogP contribution < -0.4 is 5.32 Å². The molecule has 17 heavy (non-hydrogen) atoms. The van der Waals surface area contributed by atoms with Crippen LogP contribution in [0.3, 0.4) is 0 Å². The Labute approximate surface area is 102 Å². The molecule has 1 aromatic rings. The molecular formula is C15H19NO. The molecule has 1 N–H and O–H groups in total. The van der Waals surface area contributed by atoms with E-state index in [4.69, 9.17) is 0 Å². The highest BCUT2D eigenvalue weighted by Gasteiger charge is 2.40. The average molecular weight is 229 g/mol. The maximum Gasteiger partial charge on any atom is 0.139 e. The zero-order valence-corrected chi connectivity index (χ0v) is 10.1. The van der Waals surface area contributed by atoms with Gasteiger partial charge in [-0.05, 0) is 31.2 Å². The molecule has 3 atom stereocenters. The van der Waals surface area contributed by atoms with E-state index >= 15 is 0 Å². The molecule has 0 spiro atoms. The predicted molar refractivity (Wildman–Crippen MR) is 67.5 cm³/mol. The largest absolute Gasteiger partial charge is 0.310 e. The first-order valence-electron chi connectivity index (χ1n) is 6.64. The number of Topliss-reactive ketones (excluding diaryl/α,β-unsaturated/α-hetero) is 1. The van der Waals surface area contributed by atoms with Crippen molar-refractivity contribution in [3.63, 3.8) is 0 Å². The summed E-state index contributed by atoms with van der Waals surface area (Å²) in [6, 6.07) is 11.0. The Morgan fingerprint density at radius 1 is 1.06 bits per heavy atom. The molecule has 2 fully saturated rings. The normalized spacial score (nSPS) is 31.8. The Balaban J connectivity index is 1.56. The molecule has 0 radical (unpaired) electrons. The van der Waals surface area contributed by atoms with Crippen LogP contribution in [0, 0.1) is 11.8 Å². The van der Waals surface area contributed by atoms with Crippen molar-refractivity contribution in [1.82, 2.24) is 5.32 Å². The van der Waals surface area contributed by atoms with E-state index in [0.717, 1.165) is 32.2 Å². The summed E-state index contributed by atoms with van der Waals surface area (Å²) in [6.07, 6.45) is 4.38. The standard InChI is InChI=1S/C15H19NO/c17-15-12-6-7-13(15)9-14(8-12)16-10-11-4-2-1-3-5-11/h1-5,12-14,16H,6-10H2/t12-,13+,14?. The predicted octanol–water partition coefficient (Wildman–Crippen LogP) is 2.53. The van der Waals surface area contributed by atoms with Crippen molar-refractivity contribution in [1.29, 1.82) is 0 Å². The molecule has 0 saturated heterocycles. The number of fused-ring (bicyclic) bond motifs is 2. The summed E-state index contributed by atoms with van der Waals surface area (Å²) in [5.74, 6) is 1.27. The van der Waals surface area contributed by atoms with Gasteiger partial charge in [0.1, 0.15) is 5.78 Å². The van der Waals surface area contributed by atoms with Crippen molar-refractivity contribution in [3.8, 4) is 0 Å². The minimum Gasteiger partial charge on any atom is -0.310 e. The number of nitrogens with one attached hydrogen (secondary N) is 1. The fraction of sp³-hybridized carbons (Fsp3) is 0.533. The first kappa shape index (κ1) is 11.0. The molecular weight excluding hydrogens is 210 g/mol. The number of ketones is 1. The molecule has 3 rings (SSSR count). The Bertz CT molecular complexity index is 385. The van der Waals surface area contributed by atoms with Gasteiger partial charge in [0, 0.05) is 24.4 Å². The van der Waals surface area contributed by atoms with Gasteiger partial charge in [-0.2, -0.15) is 0 Å². The maximum absolute atomic E-state index is 11.8. The van der Waals surface area contributed by atoms with Crippen molar-refractivity contribution in [2.45, 2.75) is 38.3 Å². The second-order valence-corrected chi connectivity index (χ2v) is 5.41. The molecule has 0 aliphatic heterocycles. The zero-order chi connectivity index (χ0) is 11.7. The molecule has 2 bridgehead atoms. The van der Waals surface area contributed by atoms with Crippen LogP contribution in [0.4, 0.5) is 0 Å². The topological polar surface area (TPSA) is 29.1 Å². The minimum atomic E-state index is 0.363. The van der Waals surface area contributed by atoms with Crippen LogP contribution >= 0.6 is 0 Å². The number of benzene rings is 1. The van der Waals surface area contributed by atoms with E-state index in [2.05, 4.69) is 29.6 Å². The quantitative estimate of drug-likeness (QED) is 0.863. The van der Waals surface area contributed by atoms with Crippen LogP contribution in [-0.4, -0.2) is 11.8 Å². The number of carbonyl (C=O) groups excluding carboxylic acids is 1. The van der Waals surface area contributed by atoms with Gasteiger partial charge in [-0.25, -0.2) is 0 Å². The highest BCUT2D eigenvalue weighted by Crippen LogP contribution is 2.39. The fourth-order valence-corrected chi connectivity index (χ4v) is 3.30. The van der Waals surface area contributed by atoms with Crippen molar-refractivity contribution >= 4 is 5.78 Å². The molecule has 2 saturated carbocycles. The molecule has 1 aromatic carbocycles. The van der Waals surface area contributed by atoms with Crippen molar-refractivity contribution < 1.29 is 4.79 Å². The van der Waals surface area contributed by atoms with Crippen molar-refractivity contribution in [2.24, 2.45) is 11.8 Å². The van der Waals surface area contributed by atoms with Crippen LogP contribution in [0.2, 0.25) is 0 Å². The zero-order valence-electron chi connectivity index (χ0n) is 10.1. The van der Waals surface area contributed by atoms with Gasteiger partial charge in [0.25, 0.3) is 0 Å². The molecule has 2 aliphatic rings. The SMILES string of the molecule is O=C1[C@@H]2CC[C@H]1CC(NCc1ccccc1)C2. The number of carbonyl (C=O) groups is 1. The maximum atomic E-state index is 11.8. The van der Waals surface area contributed by atoms with E-state index in [1.165, 1.54) is 5.56 Å². The lowest BCUT2D eigenvalue weighted by atomic mass is 9.84. The van der Waals surface area contributed by atoms with Gasteiger partial charge < -0.3 is 5.32 Å². The van der Waals surface area contributed by atoms with E-state index in [9.17, 15) is 4.79 Å². The van der Waals surface area contributed by atoms with E-state index < -0.39 is 0 Å². The van der Waals surface area contributed by atoms with Crippen LogP contribution in [0.1, 0.15) is 31.2 Å². The minimum absolute atomic E-state index is 0.363. The van der Waals surface area contributed by atoms with Crippen molar-refractivity contribution in [3.05, 3.63) is 35.9 Å². The summed E-state index contributed by atoms with van der Waals surface area (Å²) in [7, 11) is 0. The summed E-state index contributed by atoms with van der Waals surface area (Å²) in [5, 5.41) is 3.61. The van der Waals surface area contributed by atoms with Gasteiger partial charge in [0.15, 0.2) is 0 Å². The second kappa shape index (κ2) is 4.61. The van der Waals surface area contributed by atoms with Gasteiger partial charge in [0.05, 0.1) is 0 Å². The highest BCUT2D eigenvalue weighted by molar-refractivity contribution is 5.86. The van der Waals surface area contributed by atoms with E-state index in [-0.39, 0.29) is 0 Å². The molecule has 2 nitrogen and oxygen atoms in total. The molecule has 1 unspecified atom stereocenters. The van der Waals surface area contributed by atoms with Gasteiger partial charge in [-0.3, -0.25) is 4.79 Å². The van der Waals surface area contributed by atoms with E-state index in [1.54, 1.807) is 0 Å². The summed E-state index contributed by atoms with van der Waals surface area (Å²) < 4.78 is 0. The highest BCUT2D eigenvalue weighted by atomic mass is 16.1. The lowest BCUT2D eigenvalue weighted by Crippen LogP contribution is -2.38. The average Bonchev–Trinajstić information content (AvgIpc) is 2.61. The van der Waals surface area contributed by atoms with Gasteiger partial charge >= 0.3 is 0 Å². The number of hydrogen-bond donors (Lipinski definition) is 1. The first-order chi connectivity index (χ1) is 8.33. The van der Waals surface area contributed by atoms with Gasteiger partial charge in [-0.15, -0.1) is 0 Å². The summed E-state index contributed by atoms with van der Waals surface area (Å²) in [5.41, 5.74) is 1.33. The van der Waals surface area contributed by atoms with Crippen LogP contribution in [-0.2, 0) is 11.3 Å². The fourth-order valence-electron chi connectivity index (χ4n) is 3.30. The molecule has 0 aromatic heterocycles. The lowest BCUT2D eigenvalue weighted by molar-refractivity contribution is -0.126. The second-order valence-electron chi connectivity index (χ2n) is 5.41. The molecule has 0 amide bonds. The summed E-state index contributed by atoms with van der Waals surface area (Å²) >= 11 is 0. The Morgan fingerprint density at radius 3 is 2.35 bits per heavy atom. The molecule has 2 aliphatic carbocycles. The first-order valence-corrected chi connectivity index (χ1v) is 6.64. The van der Waals surface area contributed by atoms with Crippen LogP contribution in [0.15, 0.2) is 30.3 Å². The molecule has 0 heterocycles. The summed E-state index contributed by atoms with van der Waals surface area (Å²) in [4.78, 5) is 11.8. The third kappa shape index (κ3) is 2.27. The lowest BCUT2D eigenvalue weighted by Gasteiger charge is -2.27. The van der Waals surface area contributed by atoms with Gasteiger partial charge in [-0.1, -0.05) is 30.3 Å². The monoisotopic (exact) mass is 229 g/mol.